The summed E-state index contributed by atoms with van der Waals surface area (Å²) in [6, 6.07) is 10.6. The van der Waals surface area contributed by atoms with Crippen LogP contribution in [0.15, 0.2) is 41.0 Å². The Morgan fingerprint density at radius 1 is 1.26 bits per heavy atom. The minimum atomic E-state index is 0.210. The molecule has 2 aliphatic rings. The molecule has 122 valence electrons. The highest BCUT2D eigenvalue weighted by atomic mass is 16.5. The molecule has 3 atom stereocenters. The van der Waals surface area contributed by atoms with E-state index in [1.54, 1.807) is 6.26 Å². The van der Waals surface area contributed by atoms with E-state index in [0.29, 0.717) is 24.0 Å². The molecule has 2 heterocycles. The molecule has 2 fully saturated rings. The molecular weight excluding hydrogens is 288 g/mol. The van der Waals surface area contributed by atoms with Crippen LogP contribution in [-0.2, 0) is 11.3 Å². The van der Waals surface area contributed by atoms with Gasteiger partial charge >= 0.3 is 0 Å². The Bertz CT molecular complexity index is 680. The molecule has 23 heavy (non-hydrogen) atoms. The van der Waals surface area contributed by atoms with Crippen molar-refractivity contribution in [2.75, 3.05) is 13.7 Å². The van der Waals surface area contributed by atoms with Crippen LogP contribution in [0.1, 0.15) is 26.0 Å². The number of hydrogen-bond acceptors (Lipinski definition) is 4. The molecule has 0 unspecified atom stereocenters. The molecule has 0 spiro atoms. The van der Waals surface area contributed by atoms with Gasteiger partial charge in [-0.15, -0.1) is 0 Å². The summed E-state index contributed by atoms with van der Waals surface area (Å²) in [6.45, 7) is 6.36. The number of fused-ring (bicyclic) bond motifs is 1. The smallest absolute Gasteiger partial charge is 0.226 e. The summed E-state index contributed by atoms with van der Waals surface area (Å²) in [5.41, 5.74) is 2.22. The third-order valence-electron chi connectivity index (χ3n) is 5.50. The molecular formula is C19H24N2O2. The first-order valence-corrected chi connectivity index (χ1v) is 8.39. The first-order valence-electron chi connectivity index (χ1n) is 8.39. The second-order valence-corrected chi connectivity index (χ2v) is 7.44. The number of hydrogen-bond donors (Lipinski definition) is 0. The van der Waals surface area contributed by atoms with Crippen molar-refractivity contribution < 1.29 is 9.15 Å². The van der Waals surface area contributed by atoms with Crippen LogP contribution in [0, 0.1) is 11.3 Å². The predicted octanol–water partition coefficient (Wildman–Crippen LogP) is 3.59. The van der Waals surface area contributed by atoms with Crippen molar-refractivity contribution in [1.29, 1.82) is 0 Å². The molecule has 2 aromatic rings. The number of rotatable bonds is 4. The predicted molar refractivity (Wildman–Crippen MR) is 88.8 cm³/mol. The Hall–Kier alpha value is -1.65. The van der Waals surface area contributed by atoms with Crippen molar-refractivity contribution in [2.45, 2.75) is 39.0 Å². The normalized spacial score (nSPS) is 28.6. The van der Waals surface area contributed by atoms with Crippen molar-refractivity contribution in [1.82, 2.24) is 9.88 Å². The molecule has 1 aromatic heterocycles. The zero-order valence-corrected chi connectivity index (χ0v) is 14.0. The topological polar surface area (TPSA) is 38.5 Å². The van der Waals surface area contributed by atoms with Crippen LogP contribution in [0.4, 0.5) is 0 Å². The van der Waals surface area contributed by atoms with E-state index in [2.05, 4.69) is 30.8 Å². The second-order valence-electron chi connectivity index (χ2n) is 7.44. The molecule has 0 N–H and O–H groups in total. The first kappa shape index (κ1) is 14.9. The van der Waals surface area contributed by atoms with Gasteiger partial charge in [-0.2, -0.15) is 0 Å². The van der Waals surface area contributed by atoms with Gasteiger partial charge in [-0.25, -0.2) is 4.98 Å². The minimum absolute atomic E-state index is 0.210. The van der Waals surface area contributed by atoms with Crippen molar-refractivity contribution in [3.05, 3.63) is 42.3 Å². The van der Waals surface area contributed by atoms with Crippen molar-refractivity contribution in [3.8, 4) is 11.5 Å². The van der Waals surface area contributed by atoms with E-state index in [1.807, 2.05) is 30.3 Å². The number of ether oxygens (including phenoxy) is 1. The van der Waals surface area contributed by atoms with E-state index in [1.165, 1.54) is 6.42 Å². The SMILES string of the molecule is CN(Cc1coc(-c2ccccc2)n1)[C@@H]1[C@@H]2CCO[C@H]2C1(C)C. The lowest BCUT2D eigenvalue weighted by molar-refractivity contribution is -0.151. The Morgan fingerprint density at radius 3 is 2.83 bits per heavy atom. The molecule has 0 bridgehead atoms. The maximum absolute atomic E-state index is 5.90. The number of aromatic nitrogens is 1. The Labute approximate surface area is 137 Å². The van der Waals surface area contributed by atoms with Gasteiger partial charge < -0.3 is 9.15 Å². The molecule has 1 saturated heterocycles. The standard InChI is InChI=1S/C19H24N2O2/c1-19(2)16(15-9-10-22-17(15)19)21(3)11-14-12-23-18(20-14)13-7-5-4-6-8-13/h4-8,12,15-17H,9-11H2,1-3H3/t15-,16+,17+/m0/s1. The minimum Gasteiger partial charge on any atom is -0.444 e. The summed E-state index contributed by atoms with van der Waals surface area (Å²) in [6.07, 6.45) is 3.39. The summed E-state index contributed by atoms with van der Waals surface area (Å²) in [5, 5.41) is 0. The van der Waals surface area contributed by atoms with Gasteiger partial charge in [-0.1, -0.05) is 32.0 Å². The highest BCUT2D eigenvalue weighted by Crippen LogP contribution is 2.54. The van der Waals surface area contributed by atoms with E-state index < -0.39 is 0 Å². The van der Waals surface area contributed by atoms with Crippen LogP contribution < -0.4 is 0 Å². The van der Waals surface area contributed by atoms with E-state index in [4.69, 9.17) is 9.15 Å². The molecule has 0 radical (unpaired) electrons. The zero-order chi connectivity index (χ0) is 16.0. The Balaban J connectivity index is 1.47. The lowest BCUT2D eigenvalue weighted by atomic mass is 9.57. The Kier molecular flexibility index (Phi) is 3.54. The fourth-order valence-corrected chi connectivity index (χ4v) is 4.64. The molecule has 1 aliphatic heterocycles. The molecule has 1 aromatic carbocycles. The number of nitrogens with zero attached hydrogens (tertiary/aromatic N) is 2. The van der Waals surface area contributed by atoms with Crippen LogP contribution in [0.25, 0.3) is 11.5 Å². The van der Waals surface area contributed by atoms with Gasteiger partial charge in [0.25, 0.3) is 0 Å². The second kappa shape index (κ2) is 5.46. The van der Waals surface area contributed by atoms with Gasteiger partial charge in [-0.05, 0) is 25.6 Å². The highest BCUT2D eigenvalue weighted by molar-refractivity contribution is 5.52. The molecule has 0 amide bonds. The highest BCUT2D eigenvalue weighted by Gasteiger charge is 2.60. The van der Waals surface area contributed by atoms with E-state index in [0.717, 1.165) is 24.4 Å². The molecule has 1 saturated carbocycles. The van der Waals surface area contributed by atoms with Crippen LogP contribution in [-0.4, -0.2) is 35.7 Å². The Morgan fingerprint density at radius 2 is 2.04 bits per heavy atom. The summed E-state index contributed by atoms with van der Waals surface area (Å²) in [5.74, 6) is 1.36. The summed E-state index contributed by atoms with van der Waals surface area (Å²) >= 11 is 0. The van der Waals surface area contributed by atoms with Gasteiger partial charge in [-0.3, -0.25) is 4.90 Å². The molecule has 4 heteroatoms. The number of oxazole rings is 1. The lowest BCUT2D eigenvalue weighted by Gasteiger charge is -2.57. The largest absolute Gasteiger partial charge is 0.444 e. The van der Waals surface area contributed by atoms with E-state index >= 15 is 0 Å². The summed E-state index contributed by atoms with van der Waals surface area (Å²) in [7, 11) is 2.19. The van der Waals surface area contributed by atoms with E-state index in [-0.39, 0.29) is 5.41 Å². The van der Waals surface area contributed by atoms with Gasteiger partial charge in [0.1, 0.15) is 6.26 Å². The molecule has 4 rings (SSSR count). The third-order valence-corrected chi connectivity index (χ3v) is 5.50. The van der Waals surface area contributed by atoms with Crippen LogP contribution >= 0.6 is 0 Å². The lowest BCUT2D eigenvalue weighted by Crippen LogP contribution is -2.65. The molecule has 4 nitrogen and oxygen atoms in total. The van der Waals surface area contributed by atoms with Crippen molar-refractivity contribution in [2.24, 2.45) is 11.3 Å². The average molecular weight is 312 g/mol. The van der Waals surface area contributed by atoms with Crippen LogP contribution in [0.3, 0.4) is 0 Å². The van der Waals surface area contributed by atoms with Crippen molar-refractivity contribution in [3.63, 3.8) is 0 Å². The third kappa shape index (κ3) is 2.41. The van der Waals surface area contributed by atoms with Gasteiger partial charge in [0, 0.05) is 36.1 Å². The first-order chi connectivity index (χ1) is 11.1. The summed E-state index contributed by atoms with van der Waals surface area (Å²) in [4.78, 5) is 7.07. The van der Waals surface area contributed by atoms with Gasteiger partial charge in [0.2, 0.25) is 5.89 Å². The zero-order valence-electron chi connectivity index (χ0n) is 14.0. The van der Waals surface area contributed by atoms with Gasteiger partial charge in [0.15, 0.2) is 0 Å². The fourth-order valence-electron chi connectivity index (χ4n) is 4.64. The maximum Gasteiger partial charge on any atom is 0.226 e. The molecule has 1 aliphatic carbocycles. The van der Waals surface area contributed by atoms with E-state index in [9.17, 15) is 0 Å². The van der Waals surface area contributed by atoms with Crippen molar-refractivity contribution >= 4 is 0 Å². The van der Waals surface area contributed by atoms with Crippen LogP contribution in [0.2, 0.25) is 0 Å². The van der Waals surface area contributed by atoms with Gasteiger partial charge in [0.05, 0.1) is 11.8 Å². The number of benzene rings is 1. The average Bonchev–Trinajstić information content (AvgIpc) is 3.16. The maximum atomic E-state index is 5.90. The summed E-state index contributed by atoms with van der Waals surface area (Å²) < 4.78 is 11.6. The fraction of sp³-hybridized carbons (Fsp3) is 0.526. The van der Waals surface area contributed by atoms with Crippen LogP contribution in [0.5, 0.6) is 0 Å². The quantitative estimate of drug-likeness (QED) is 0.865. The monoisotopic (exact) mass is 312 g/mol.